The third-order valence-corrected chi connectivity index (χ3v) is 3.87. The Bertz CT molecular complexity index is 528. The molecule has 6 N–H and O–H groups in total. The summed E-state index contributed by atoms with van der Waals surface area (Å²) in [4.78, 5) is 0. The fraction of sp³-hybridized carbons (Fsp3) is 0.867. The molecular formula is C15H28N4O7. The van der Waals surface area contributed by atoms with E-state index in [4.69, 9.17) is 25.1 Å². The summed E-state index contributed by atoms with van der Waals surface area (Å²) >= 11 is 0. The van der Waals surface area contributed by atoms with Crippen molar-refractivity contribution in [2.24, 2.45) is 5.73 Å². The van der Waals surface area contributed by atoms with Crippen LogP contribution in [-0.4, -0.2) is 92.0 Å². The molecule has 0 aromatic carbocycles. The predicted molar refractivity (Wildman–Crippen MR) is 87.7 cm³/mol. The fourth-order valence-corrected chi connectivity index (χ4v) is 2.53. The van der Waals surface area contributed by atoms with Crippen molar-refractivity contribution in [3.63, 3.8) is 0 Å². The first kappa shape index (κ1) is 21.1. The second-order valence-electron chi connectivity index (χ2n) is 6.38. The Balaban J connectivity index is 1.62. The summed E-state index contributed by atoms with van der Waals surface area (Å²) in [6, 6.07) is -0.00923. The first-order valence-corrected chi connectivity index (χ1v) is 8.56. The van der Waals surface area contributed by atoms with Crippen molar-refractivity contribution in [3.05, 3.63) is 11.9 Å². The molecule has 1 aliphatic rings. The molecule has 0 radical (unpaired) electrons. The zero-order valence-electron chi connectivity index (χ0n) is 14.7. The van der Waals surface area contributed by atoms with Crippen LogP contribution < -0.4 is 5.73 Å². The number of rotatable bonds is 10. The zero-order chi connectivity index (χ0) is 19.1. The van der Waals surface area contributed by atoms with Crippen LogP contribution in [0.3, 0.4) is 0 Å². The van der Waals surface area contributed by atoms with E-state index >= 15 is 0 Å². The van der Waals surface area contributed by atoms with Gasteiger partial charge in [0.15, 0.2) is 6.29 Å². The van der Waals surface area contributed by atoms with Gasteiger partial charge in [-0.05, 0) is 13.3 Å². The van der Waals surface area contributed by atoms with Gasteiger partial charge in [0.25, 0.3) is 0 Å². The number of ether oxygens (including phenoxy) is 3. The van der Waals surface area contributed by atoms with E-state index in [1.54, 1.807) is 10.9 Å². The quantitative estimate of drug-likeness (QED) is 0.272. The van der Waals surface area contributed by atoms with E-state index in [2.05, 4.69) is 10.3 Å². The van der Waals surface area contributed by atoms with Gasteiger partial charge in [0.2, 0.25) is 0 Å². The molecule has 2 rings (SSSR count). The second-order valence-corrected chi connectivity index (χ2v) is 6.38. The van der Waals surface area contributed by atoms with Crippen LogP contribution in [0.5, 0.6) is 0 Å². The first-order chi connectivity index (χ1) is 12.4. The molecule has 1 aromatic heterocycles. The van der Waals surface area contributed by atoms with E-state index in [9.17, 15) is 15.3 Å². The highest BCUT2D eigenvalue weighted by Gasteiger charge is 2.43. The van der Waals surface area contributed by atoms with E-state index in [-0.39, 0.29) is 12.6 Å². The van der Waals surface area contributed by atoms with E-state index in [0.29, 0.717) is 31.9 Å². The van der Waals surface area contributed by atoms with Gasteiger partial charge in [-0.1, -0.05) is 5.21 Å². The van der Waals surface area contributed by atoms with Crippen LogP contribution in [-0.2, 0) is 27.4 Å². The molecule has 0 aliphatic carbocycles. The van der Waals surface area contributed by atoms with Crippen molar-refractivity contribution in [1.82, 2.24) is 15.0 Å². The summed E-state index contributed by atoms with van der Waals surface area (Å²) in [7, 11) is 0. The highest BCUT2D eigenvalue weighted by molar-refractivity contribution is 4.90. The molecule has 0 spiro atoms. The molecule has 26 heavy (non-hydrogen) atoms. The van der Waals surface area contributed by atoms with Gasteiger partial charge in [-0.15, -0.1) is 5.10 Å². The third kappa shape index (κ3) is 5.93. The fourth-order valence-electron chi connectivity index (χ4n) is 2.53. The Morgan fingerprint density at radius 2 is 2.04 bits per heavy atom. The summed E-state index contributed by atoms with van der Waals surface area (Å²) < 4.78 is 17.7. The number of hydrogen-bond acceptors (Lipinski definition) is 10. The molecule has 2 heterocycles. The minimum absolute atomic E-state index is 0.00923. The monoisotopic (exact) mass is 376 g/mol. The third-order valence-electron chi connectivity index (χ3n) is 3.87. The summed E-state index contributed by atoms with van der Waals surface area (Å²) in [6.07, 6.45) is -4.04. The molecule has 1 aliphatic heterocycles. The number of hydrogen-bond donors (Lipinski definition) is 5. The van der Waals surface area contributed by atoms with E-state index in [1.807, 2.05) is 6.92 Å². The summed E-state index contributed by atoms with van der Waals surface area (Å²) in [5.41, 5.74) is 6.38. The number of nitrogens with zero attached hydrogens (tertiary/aromatic N) is 3. The van der Waals surface area contributed by atoms with Gasteiger partial charge in [-0.25, -0.2) is 0 Å². The minimum Gasteiger partial charge on any atom is -0.394 e. The molecule has 11 nitrogen and oxygen atoms in total. The highest BCUT2D eigenvalue weighted by Crippen LogP contribution is 2.21. The van der Waals surface area contributed by atoms with Crippen molar-refractivity contribution in [3.8, 4) is 0 Å². The van der Waals surface area contributed by atoms with Gasteiger partial charge >= 0.3 is 0 Å². The average molecular weight is 376 g/mol. The molecule has 1 aromatic rings. The van der Waals surface area contributed by atoms with Gasteiger partial charge in [-0.2, -0.15) is 0 Å². The lowest BCUT2D eigenvalue weighted by atomic mass is 9.99. The molecule has 1 saturated heterocycles. The molecule has 11 heteroatoms. The predicted octanol–water partition coefficient (Wildman–Crippen LogP) is -2.65. The molecule has 0 bridgehead atoms. The van der Waals surface area contributed by atoms with Crippen LogP contribution in [0, 0.1) is 0 Å². The lowest BCUT2D eigenvalue weighted by Gasteiger charge is -2.39. The Kier molecular flexibility index (Phi) is 8.31. The van der Waals surface area contributed by atoms with Crippen LogP contribution >= 0.6 is 0 Å². The van der Waals surface area contributed by atoms with Crippen LogP contribution in [0.4, 0.5) is 0 Å². The van der Waals surface area contributed by atoms with Crippen molar-refractivity contribution >= 4 is 0 Å². The van der Waals surface area contributed by atoms with Crippen molar-refractivity contribution < 1.29 is 34.6 Å². The maximum Gasteiger partial charge on any atom is 0.186 e. The molecule has 6 unspecified atom stereocenters. The van der Waals surface area contributed by atoms with Gasteiger partial charge in [0, 0.05) is 12.6 Å². The number of aromatic nitrogens is 3. The maximum absolute atomic E-state index is 9.84. The minimum atomic E-state index is -1.44. The lowest BCUT2D eigenvalue weighted by molar-refractivity contribution is -0.301. The molecule has 6 atom stereocenters. The molecule has 150 valence electrons. The van der Waals surface area contributed by atoms with Gasteiger partial charge in [0.05, 0.1) is 32.6 Å². The normalized spacial score (nSPS) is 30.5. The number of aliphatic hydroxyl groups is 4. The number of aliphatic hydroxyl groups excluding tert-OH is 4. The topological polar surface area (TPSA) is 165 Å². The van der Waals surface area contributed by atoms with E-state index in [1.165, 1.54) is 0 Å². The van der Waals surface area contributed by atoms with Crippen molar-refractivity contribution in [2.75, 3.05) is 19.8 Å². The van der Waals surface area contributed by atoms with Crippen LogP contribution in [0.1, 0.15) is 19.0 Å². The van der Waals surface area contributed by atoms with Crippen LogP contribution in [0.25, 0.3) is 0 Å². The molecule has 1 fully saturated rings. The summed E-state index contributed by atoms with van der Waals surface area (Å²) in [6.45, 7) is 2.88. The van der Waals surface area contributed by atoms with Crippen LogP contribution in [0.15, 0.2) is 6.20 Å². The lowest BCUT2D eigenvalue weighted by Crippen LogP contribution is -2.59. The second kappa shape index (κ2) is 10.2. The van der Waals surface area contributed by atoms with Gasteiger partial charge < -0.3 is 40.4 Å². The molecule has 0 saturated carbocycles. The van der Waals surface area contributed by atoms with E-state index < -0.39 is 37.3 Å². The summed E-state index contributed by atoms with van der Waals surface area (Å²) in [5.74, 6) is 0. The molecule has 0 amide bonds. The van der Waals surface area contributed by atoms with Gasteiger partial charge in [-0.3, -0.25) is 4.68 Å². The van der Waals surface area contributed by atoms with Crippen molar-refractivity contribution in [2.45, 2.75) is 63.2 Å². The van der Waals surface area contributed by atoms with Crippen LogP contribution in [0.2, 0.25) is 0 Å². The average Bonchev–Trinajstić information content (AvgIpc) is 3.04. The Morgan fingerprint density at radius 3 is 2.73 bits per heavy atom. The highest BCUT2D eigenvalue weighted by atomic mass is 16.7. The Hall–Kier alpha value is -1.18. The zero-order valence-corrected chi connectivity index (χ0v) is 14.7. The molecular weight excluding hydrogens is 348 g/mol. The number of nitrogens with two attached hydrogens (primary N) is 1. The largest absolute Gasteiger partial charge is 0.394 e. The smallest absolute Gasteiger partial charge is 0.186 e. The SMILES string of the molecule is CC(N)Cn1cc(COCCCOC2OC(CO)C(O)C(O)C2O)nn1. The Morgan fingerprint density at radius 1 is 1.27 bits per heavy atom. The van der Waals surface area contributed by atoms with Gasteiger partial charge in [0.1, 0.15) is 30.1 Å². The summed E-state index contributed by atoms with van der Waals surface area (Å²) in [5, 5.41) is 46.2. The first-order valence-electron chi connectivity index (χ1n) is 8.56. The maximum atomic E-state index is 9.84. The van der Waals surface area contributed by atoms with E-state index in [0.717, 1.165) is 0 Å². The van der Waals surface area contributed by atoms with Crippen molar-refractivity contribution in [1.29, 1.82) is 0 Å². The Labute approximate surface area is 151 Å². The standard InChI is InChI=1S/C15H28N4O7/c1-9(16)5-19-6-10(17-18-19)8-24-3-2-4-25-15-14(23)13(22)12(21)11(7-20)26-15/h6,9,11-15,20-23H,2-5,7-8,16H2,1H3.